The van der Waals surface area contributed by atoms with Crippen molar-refractivity contribution in [3.8, 4) is 0 Å². The summed E-state index contributed by atoms with van der Waals surface area (Å²) < 4.78 is 27.9. The molecular formula is C28H28F2N4OS. The highest BCUT2D eigenvalue weighted by Gasteiger charge is 2.53. The summed E-state index contributed by atoms with van der Waals surface area (Å²) in [5, 5.41) is 3.07. The van der Waals surface area contributed by atoms with Crippen LogP contribution in [0.3, 0.4) is 0 Å². The molecule has 1 spiro atoms. The standard InChI is InChI=1S/C28H28F2N4OS/c1-27(18-33(22-10-7-20(29)8-11-22)24-12-9-21(30)17-25(24)36-27)32-15-13-28(14-16-32)26(35)31-19-34(28)23-5-3-2-4-6-23/h2-12,17H,13-16,18-19H2,1H3,(H,31,35). The molecule has 5 nitrogen and oxygen atoms in total. The molecule has 0 aliphatic carbocycles. The lowest BCUT2D eigenvalue weighted by atomic mass is 9.85. The Morgan fingerprint density at radius 3 is 2.31 bits per heavy atom. The molecule has 6 rings (SSSR count). The van der Waals surface area contributed by atoms with Crippen LogP contribution in [0.5, 0.6) is 0 Å². The molecule has 1 atom stereocenters. The molecule has 8 heteroatoms. The van der Waals surface area contributed by atoms with Gasteiger partial charge < -0.3 is 15.1 Å². The maximum atomic E-state index is 14.3. The Labute approximate surface area is 214 Å². The SMILES string of the molecule is CC1(N2CCC3(CC2)C(=O)NCN3c2ccccc2)CN(c2ccc(F)cc2)c2ccc(F)cc2S1. The summed E-state index contributed by atoms with van der Waals surface area (Å²) in [6, 6.07) is 21.4. The highest BCUT2D eigenvalue weighted by molar-refractivity contribution is 8.00. The van der Waals surface area contributed by atoms with E-state index in [1.165, 1.54) is 18.2 Å². The maximum absolute atomic E-state index is 14.3. The second kappa shape index (κ2) is 8.78. The van der Waals surface area contributed by atoms with Gasteiger partial charge in [-0.2, -0.15) is 0 Å². The number of nitrogens with zero attached hydrogens (tertiary/aromatic N) is 3. The molecule has 1 N–H and O–H groups in total. The number of halogens is 2. The fourth-order valence-corrected chi connectivity index (χ4v) is 7.27. The summed E-state index contributed by atoms with van der Waals surface area (Å²) >= 11 is 1.67. The normalized spacial score (nSPS) is 23.6. The van der Waals surface area contributed by atoms with E-state index in [-0.39, 0.29) is 22.4 Å². The maximum Gasteiger partial charge on any atom is 0.247 e. The van der Waals surface area contributed by atoms with E-state index in [0.29, 0.717) is 26.1 Å². The number of anilines is 3. The molecule has 1 amide bonds. The van der Waals surface area contributed by atoms with Gasteiger partial charge in [-0.25, -0.2) is 8.78 Å². The molecule has 3 aliphatic rings. The fraction of sp³-hybridized carbons (Fsp3) is 0.321. The Morgan fingerprint density at radius 2 is 1.58 bits per heavy atom. The lowest BCUT2D eigenvalue weighted by Crippen LogP contribution is -2.62. The Morgan fingerprint density at radius 1 is 0.889 bits per heavy atom. The number of thioether (sulfide) groups is 1. The molecule has 2 fully saturated rings. The number of fused-ring (bicyclic) bond motifs is 1. The van der Waals surface area contributed by atoms with Crippen molar-refractivity contribution in [2.45, 2.75) is 35.1 Å². The van der Waals surface area contributed by atoms with Gasteiger partial charge >= 0.3 is 0 Å². The summed E-state index contributed by atoms with van der Waals surface area (Å²) in [7, 11) is 0. The van der Waals surface area contributed by atoms with E-state index in [9.17, 15) is 13.6 Å². The van der Waals surface area contributed by atoms with Crippen molar-refractivity contribution in [3.63, 3.8) is 0 Å². The largest absolute Gasteiger partial charge is 0.339 e. The molecule has 1 unspecified atom stereocenters. The molecule has 3 aliphatic heterocycles. The number of benzene rings is 3. The monoisotopic (exact) mass is 506 g/mol. The number of nitrogens with one attached hydrogen (secondary N) is 1. The van der Waals surface area contributed by atoms with Crippen LogP contribution in [-0.4, -0.2) is 47.5 Å². The summed E-state index contributed by atoms with van der Waals surface area (Å²) in [6.45, 7) is 4.83. The van der Waals surface area contributed by atoms with E-state index in [4.69, 9.17) is 0 Å². The fourth-order valence-electron chi connectivity index (χ4n) is 5.84. The third-order valence-electron chi connectivity index (χ3n) is 7.80. The molecule has 0 saturated carbocycles. The van der Waals surface area contributed by atoms with E-state index in [1.54, 1.807) is 36.0 Å². The van der Waals surface area contributed by atoms with Gasteiger partial charge in [0.15, 0.2) is 0 Å². The van der Waals surface area contributed by atoms with Crippen molar-refractivity contribution in [1.82, 2.24) is 10.2 Å². The minimum Gasteiger partial charge on any atom is -0.339 e. The Kier molecular flexibility index (Phi) is 5.68. The summed E-state index contributed by atoms with van der Waals surface area (Å²) in [5.74, 6) is -0.470. The molecule has 186 valence electrons. The number of carbonyl (C=O) groups is 1. The molecule has 36 heavy (non-hydrogen) atoms. The number of rotatable bonds is 3. The molecular weight excluding hydrogens is 478 g/mol. The zero-order valence-electron chi connectivity index (χ0n) is 20.1. The van der Waals surface area contributed by atoms with Crippen molar-refractivity contribution in [2.75, 3.05) is 36.1 Å². The van der Waals surface area contributed by atoms with E-state index < -0.39 is 5.54 Å². The van der Waals surface area contributed by atoms with Crippen molar-refractivity contribution >= 4 is 34.7 Å². The van der Waals surface area contributed by atoms with E-state index >= 15 is 0 Å². The predicted octanol–water partition coefficient (Wildman–Crippen LogP) is 5.35. The topological polar surface area (TPSA) is 38.8 Å². The van der Waals surface area contributed by atoms with Crippen LogP contribution >= 0.6 is 11.8 Å². The van der Waals surface area contributed by atoms with Crippen LogP contribution in [0.1, 0.15) is 19.8 Å². The van der Waals surface area contributed by atoms with Crippen molar-refractivity contribution < 1.29 is 13.6 Å². The van der Waals surface area contributed by atoms with Gasteiger partial charge in [0, 0.05) is 29.4 Å². The number of hydrogen-bond donors (Lipinski definition) is 1. The Balaban J connectivity index is 1.29. The van der Waals surface area contributed by atoms with Crippen molar-refractivity contribution in [2.24, 2.45) is 0 Å². The van der Waals surface area contributed by atoms with Gasteiger partial charge in [0.2, 0.25) is 5.91 Å². The highest BCUT2D eigenvalue weighted by Crippen LogP contribution is 2.50. The second-order valence-corrected chi connectivity index (χ2v) is 11.4. The summed E-state index contributed by atoms with van der Waals surface area (Å²) in [6.07, 6.45) is 1.41. The molecule has 3 heterocycles. The molecule has 3 aromatic rings. The molecule has 3 aromatic carbocycles. The van der Waals surface area contributed by atoms with Crippen LogP contribution in [0, 0.1) is 11.6 Å². The zero-order valence-corrected chi connectivity index (χ0v) is 20.9. The van der Waals surface area contributed by atoms with E-state index in [1.807, 2.05) is 18.2 Å². The number of likely N-dealkylation sites (tertiary alicyclic amines) is 1. The van der Waals surface area contributed by atoms with Gasteiger partial charge in [0.1, 0.15) is 17.2 Å². The number of hydrogen-bond acceptors (Lipinski definition) is 5. The van der Waals surface area contributed by atoms with Crippen LogP contribution in [0.4, 0.5) is 25.8 Å². The first-order valence-corrected chi connectivity index (χ1v) is 13.1. The van der Waals surface area contributed by atoms with Crippen LogP contribution < -0.4 is 15.1 Å². The summed E-state index contributed by atoms with van der Waals surface area (Å²) in [5.41, 5.74) is 2.28. The van der Waals surface area contributed by atoms with E-state index in [0.717, 1.165) is 35.0 Å². The van der Waals surface area contributed by atoms with Crippen molar-refractivity contribution in [1.29, 1.82) is 0 Å². The molecule has 2 saturated heterocycles. The number of para-hydroxylation sites is 1. The lowest BCUT2D eigenvalue weighted by Gasteiger charge is -2.52. The minimum absolute atomic E-state index is 0.0906. The Bertz CT molecular complexity index is 1280. The third kappa shape index (κ3) is 3.83. The van der Waals surface area contributed by atoms with Crippen LogP contribution in [0.25, 0.3) is 0 Å². The average molecular weight is 507 g/mol. The highest BCUT2D eigenvalue weighted by atomic mass is 32.2. The first-order valence-electron chi connectivity index (χ1n) is 12.3. The third-order valence-corrected chi connectivity index (χ3v) is 9.17. The Hall–Kier alpha value is -3.10. The van der Waals surface area contributed by atoms with Crippen LogP contribution in [-0.2, 0) is 4.79 Å². The first-order chi connectivity index (χ1) is 17.4. The number of carbonyl (C=O) groups excluding carboxylic acids is 1. The second-order valence-electron chi connectivity index (χ2n) is 9.90. The number of piperidine rings is 1. The van der Waals surface area contributed by atoms with Gasteiger partial charge in [-0.1, -0.05) is 30.0 Å². The first kappa shape index (κ1) is 23.3. The predicted molar refractivity (Wildman–Crippen MR) is 140 cm³/mol. The van der Waals surface area contributed by atoms with Crippen LogP contribution in [0.15, 0.2) is 77.7 Å². The minimum atomic E-state index is -0.561. The van der Waals surface area contributed by atoms with E-state index in [2.05, 4.69) is 39.1 Å². The van der Waals surface area contributed by atoms with Gasteiger partial charge in [-0.15, -0.1) is 0 Å². The smallest absolute Gasteiger partial charge is 0.247 e. The molecule has 0 radical (unpaired) electrons. The molecule has 0 aromatic heterocycles. The molecule has 0 bridgehead atoms. The van der Waals surface area contributed by atoms with Crippen LogP contribution in [0.2, 0.25) is 0 Å². The van der Waals surface area contributed by atoms with Crippen molar-refractivity contribution in [3.05, 3.63) is 84.4 Å². The van der Waals surface area contributed by atoms with Gasteiger partial charge in [0.25, 0.3) is 0 Å². The number of amides is 1. The average Bonchev–Trinajstić information content (AvgIpc) is 3.19. The zero-order chi connectivity index (χ0) is 24.9. The lowest BCUT2D eigenvalue weighted by molar-refractivity contribution is -0.125. The quantitative estimate of drug-likeness (QED) is 0.518. The van der Waals surface area contributed by atoms with Gasteiger partial charge in [0.05, 0.1) is 23.8 Å². The summed E-state index contributed by atoms with van der Waals surface area (Å²) in [4.78, 5) is 20.4. The van der Waals surface area contributed by atoms with Gasteiger partial charge in [-0.3, -0.25) is 9.69 Å². The van der Waals surface area contributed by atoms with Gasteiger partial charge in [-0.05, 0) is 74.4 Å².